The minimum absolute atomic E-state index is 0.136. The largest absolute Gasteiger partial charge is 0.352 e. The molecule has 3 N–H and O–H groups in total. The second-order valence-corrected chi connectivity index (χ2v) is 7.46. The third-order valence-electron chi connectivity index (χ3n) is 5.20. The van der Waals surface area contributed by atoms with Crippen molar-refractivity contribution in [2.75, 3.05) is 30.3 Å². The van der Waals surface area contributed by atoms with Gasteiger partial charge in [-0.15, -0.1) is 0 Å². The fourth-order valence-electron chi connectivity index (χ4n) is 3.49. The number of hydrogen-bond acceptors (Lipinski definition) is 3. The molecule has 1 fully saturated rings. The van der Waals surface area contributed by atoms with Gasteiger partial charge in [-0.05, 0) is 56.5 Å². The number of nitrogens with one attached hydrogen (secondary N) is 3. The Morgan fingerprint density at radius 1 is 1.07 bits per heavy atom. The Kier molecular flexibility index (Phi) is 7.06. The highest BCUT2D eigenvalue weighted by molar-refractivity contribution is 5.98. The van der Waals surface area contributed by atoms with Crippen molar-refractivity contribution < 1.29 is 14.4 Å². The Balaban J connectivity index is 1.63. The summed E-state index contributed by atoms with van der Waals surface area (Å²) in [5, 5.41) is 8.58. The highest BCUT2D eigenvalue weighted by Crippen LogP contribution is 2.22. The number of hydrogen-bond donors (Lipinski definition) is 3. The average molecular weight is 409 g/mol. The molecule has 0 aromatic heterocycles. The summed E-state index contributed by atoms with van der Waals surface area (Å²) in [5.41, 5.74) is 2.73. The summed E-state index contributed by atoms with van der Waals surface area (Å²) in [7, 11) is 0. The van der Waals surface area contributed by atoms with Gasteiger partial charge in [0.25, 0.3) is 5.91 Å². The van der Waals surface area contributed by atoms with Crippen LogP contribution in [0.1, 0.15) is 35.7 Å². The Labute approximate surface area is 176 Å². The summed E-state index contributed by atoms with van der Waals surface area (Å²) in [6, 6.07) is 14.3. The van der Waals surface area contributed by atoms with E-state index in [0.717, 1.165) is 24.1 Å². The van der Waals surface area contributed by atoms with Crippen LogP contribution in [0.25, 0.3) is 0 Å². The highest BCUT2D eigenvalue weighted by Gasteiger charge is 2.29. The molecule has 0 spiro atoms. The lowest BCUT2D eigenvalue weighted by molar-refractivity contribution is -0.121. The number of anilines is 2. The molecule has 0 aliphatic carbocycles. The summed E-state index contributed by atoms with van der Waals surface area (Å²) in [4.78, 5) is 39.2. The third-order valence-corrected chi connectivity index (χ3v) is 5.20. The van der Waals surface area contributed by atoms with Crippen LogP contribution in [-0.4, -0.2) is 42.4 Å². The standard InChI is InChI=1S/C23H28N4O3/c1-3-24-21(28)17-12-11-16(2)20(14-17)26-22(29)18-8-7-13-27(15-18)23(30)25-19-9-5-4-6-10-19/h4-6,9-12,14,18H,3,7-8,13,15H2,1-2H3,(H,24,28)(H,25,30)(H,26,29). The number of carbonyl (C=O) groups is 3. The van der Waals surface area contributed by atoms with Crippen molar-refractivity contribution in [1.29, 1.82) is 0 Å². The lowest BCUT2D eigenvalue weighted by atomic mass is 9.97. The molecule has 7 heteroatoms. The lowest BCUT2D eigenvalue weighted by Gasteiger charge is -2.32. The van der Waals surface area contributed by atoms with E-state index in [1.165, 1.54) is 0 Å². The van der Waals surface area contributed by atoms with Gasteiger partial charge in [-0.1, -0.05) is 24.3 Å². The molecule has 1 atom stereocenters. The Hall–Kier alpha value is -3.35. The van der Waals surface area contributed by atoms with Crippen LogP contribution in [0.2, 0.25) is 0 Å². The molecule has 3 rings (SSSR count). The minimum Gasteiger partial charge on any atom is -0.352 e. The highest BCUT2D eigenvalue weighted by atomic mass is 16.2. The number of para-hydroxylation sites is 1. The van der Waals surface area contributed by atoms with Gasteiger partial charge in [0.1, 0.15) is 0 Å². The fourth-order valence-corrected chi connectivity index (χ4v) is 3.49. The van der Waals surface area contributed by atoms with E-state index in [1.54, 1.807) is 17.0 Å². The topological polar surface area (TPSA) is 90.5 Å². The zero-order valence-corrected chi connectivity index (χ0v) is 17.4. The monoisotopic (exact) mass is 408 g/mol. The first-order valence-corrected chi connectivity index (χ1v) is 10.3. The SMILES string of the molecule is CCNC(=O)c1ccc(C)c(NC(=O)C2CCCN(C(=O)Nc3ccccc3)C2)c1. The zero-order valence-electron chi connectivity index (χ0n) is 17.4. The predicted octanol–water partition coefficient (Wildman–Crippen LogP) is 3.63. The second kappa shape index (κ2) is 9.91. The summed E-state index contributed by atoms with van der Waals surface area (Å²) in [6.07, 6.45) is 1.48. The van der Waals surface area contributed by atoms with Crippen LogP contribution >= 0.6 is 0 Å². The fraction of sp³-hybridized carbons (Fsp3) is 0.348. The number of benzene rings is 2. The molecule has 0 saturated carbocycles. The number of rotatable bonds is 5. The van der Waals surface area contributed by atoms with E-state index in [9.17, 15) is 14.4 Å². The van der Waals surface area contributed by atoms with Crippen LogP contribution in [0, 0.1) is 12.8 Å². The number of urea groups is 1. The second-order valence-electron chi connectivity index (χ2n) is 7.46. The van der Waals surface area contributed by atoms with Crippen LogP contribution in [0.3, 0.4) is 0 Å². The summed E-state index contributed by atoms with van der Waals surface area (Å²) >= 11 is 0. The van der Waals surface area contributed by atoms with Crippen molar-refractivity contribution in [2.45, 2.75) is 26.7 Å². The molecule has 1 saturated heterocycles. The van der Waals surface area contributed by atoms with Crippen LogP contribution in [0.15, 0.2) is 48.5 Å². The van der Waals surface area contributed by atoms with Gasteiger partial charge in [0.05, 0.1) is 5.92 Å². The molecule has 1 aliphatic heterocycles. The van der Waals surface area contributed by atoms with E-state index >= 15 is 0 Å². The molecule has 2 aromatic carbocycles. The maximum absolute atomic E-state index is 12.9. The van der Waals surface area contributed by atoms with E-state index in [1.807, 2.05) is 50.2 Å². The lowest BCUT2D eigenvalue weighted by Crippen LogP contribution is -2.45. The summed E-state index contributed by atoms with van der Waals surface area (Å²) in [5.74, 6) is -0.606. The minimum atomic E-state index is -0.298. The smallest absolute Gasteiger partial charge is 0.321 e. The average Bonchev–Trinajstić information content (AvgIpc) is 2.76. The van der Waals surface area contributed by atoms with E-state index in [4.69, 9.17) is 0 Å². The van der Waals surface area contributed by atoms with Crippen molar-refractivity contribution >= 4 is 29.2 Å². The van der Waals surface area contributed by atoms with Crippen molar-refractivity contribution in [3.05, 3.63) is 59.7 Å². The molecule has 0 bridgehead atoms. The molecule has 2 aromatic rings. The van der Waals surface area contributed by atoms with Gasteiger partial charge in [-0.2, -0.15) is 0 Å². The Morgan fingerprint density at radius 3 is 2.57 bits per heavy atom. The number of amides is 4. The predicted molar refractivity (Wildman–Crippen MR) is 118 cm³/mol. The molecule has 1 heterocycles. The quantitative estimate of drug-likeness (QED) is 0.706. The molecular weight excluding hydrogens is 380 g/mol. The van der Waals surface area contributed by atoms with Gasteiger partial charge in [0.15, 0.2) is 0 Å². The number of aryl methyl sites for hydroxylation is 1. The van der Waals surface area contributed by atoms with Gasteiger partial charge in [0.2, 0.25) is 5.91 Å². The summed E-state index contributed by atoms with van der Waals surface area (Å²) in [6.45, 7) is 5.26. The van der Waals surface area contributed by atoms with Crippen LogP contribution in [0.4, 0.5) is 16.2 Å². The molecule has 4 amide bonds. The molecule has 1 aliphatic rings. The van der Waals surface area contributed by atoms with Gasteiger partial charge in [-0.3, -0.25) is 9.59 Å². The first-order chi connectivity index (χ1) is 14.5. The van der Waals surface area contributed by atoms with Crippen molar-refractivity contribution in [1.82, 2.24) is 10.2 Å². The molecule has 7 nitrogen and oxygen atoms in total. The van der Waals surface area contributed by atoms with Gasteiger partial charge >= 0.3 is 6.03 Å². The molecule has 158 valence electrons. The molecule has 30 heavy (non-hydrogen) atoms. The maximum atomic E-state index is 12.9. The van der Waals surface area contributed by atoms with Gasteiger partial charge in [0, 0.05) is 36.6 Å². The molecular formula is C23H28N4O3. The molecule has 0 radical (unpaired) electrons. The maximum Gasteiger partial charge on any atom is 0.321 e. The van der Waals surface area contributed by atoms with Crippen molar-refractivity contribution in [3.8, 4) is 0 Å². The third kappa shape index (κ3) is 5.37. The number of likely N-dealkylation sites (tertiary alicyclic amines) is 1. The van der Waals surface area contributed by atoms with Gasteiger partial charge in [-0.25, -0.2) is 4.79 Å². The zero-order chi connectivity index (χ0) is 21.5. The number of nitrogens with zero attached hydrogens (tertiary/aromatic N) is 1. The number of carbonyl (C=O) groups excluding carboxylic acids is 3. The van der Waals surface area contributed by atoms with Gasteiger partial charge < -0.3 is 20.9 Å². The number of piperidine rings is 1. The van der Waals surface area contributed by atoms with Crippen LogP contribution < -0.4 is 16.0 Å². The Morgan fingerprint density at radius 2 is 1.83 bits per heavy atom. The summed E-state index contributed by atoms with van der Waals surface area (Å²) < 4.78 is 0. The van der Waals surface area contributed by atoms with Crippen molar-refractivity contribution in [3.63, 3.8) is 0 Å². The van der Waals surface area contributed by atoms with E-state index in [2.05, 4.69) is 16.0 Å². The van der Waals surface area contributed by atoms with E-state index < -0.39 is 0 Å². The first kappa shape index (κ1) is 21.4. The van der Waals surface area contributed by atoms with Crippen LogP contribution in [-0.2, 0) is 4.79 Å². The van der Waals surface area contributed by atoms with Crippen molar-refractivity contribution in [2.24, 2.45) is 5.92 Å². The van der Waals surface area contributed by atoms with E-state index in [-0.39, 0.29) is 23.8 Å². The molecule has 1 unspecified atom stereocenters. The van der Waals surface area contributed by atoms with Crippen LogP contribution in [0.5, 0.6) is 0 Å². The normalized spacial score (nSPS) is 15.9. The Bertz CT molecular complexity index is 914. The van der Waals surface area contributed by atoms with E-state index in [0.29, 0.717) is 30.9 Å². The first-order valence-electron chi connectivity index (χ1n) is 10.3.